The van der Waals surface area contributed by atoms with Crippen molar-refractivity contribution in [2.75, 3.05) is 0 Å². The molecule has 5 heteroatoms. The van der Waals surface area contributed by atoms with Crippen LogP contribution in [0.5, 0.6) is 0 Å². The van der Waals surface area contributed by atoms with Crippen LogP contribution in [0.3, 0.4) is 0 Å². The van der Waals surface area contributed by atoms with Gasteiger partial charge in [0.05, 0.1) is 0 Å². The van der Waals surface area contributed by atoms with E-state index in [1.807, 2.05) is 32.9 Å². The van der Waals surface area contributed by atoms with Gasteiger partial charge in [0.25, 0.3) is 5.91 Å². The van der Waals surface area contributed by atoms with E-state index in [9.17, 15) is 4.79 Å². The number of aryl methyl sites for hydroxylation is 2. The molecule has 0 bridgehead atoms. The molecule has 1 aromatic carbocycles. The Hall–Kier alpha value is -1.62. The summed E-state index contributed by atoms with van der Waals surface area (Å²) >= 11 is 5.13. The summed E-state index contributed by atoms with van der Waals surface area (Å²) in [5.74, 6) is -0.165. The number of benzene rings is 1. The minimum Gasteiger partial charge on any atom is -0.357 e. The highest BCUT2D eigenvalue weighted by Gasteiger charge is 2.14. The van der Waals surface area contributed by atoms with Crippen LogP contribution in [0.25, 0.3) is 0 Å². The molecule has 1 aliphatic carbocycles. The largest absolute Gasteiger partial charge is 0.357 e. The molecule has 1 aromatic rings. The Morgan fingerprint density at radius 2 is 1.76 bits per heavy atom. The number of carbonyl (C=O) groups is 1. The van der Waals surface area contributed by atoms with Crippen molar-refractivity contribution >= 4 is 23.2 Å². The van der Waals surface area contributed by atoms with Gasteiger partial charge in [0.2, 0.25) is 0 Å². The predicted molar refractivity (Wildman–Crippen MR) is 89.2 cm³/mol. The number of nitrogens with one attached hydrogen (secondary N) is 3. The summed E-state index contributed by atoms with van der Waals surface area (Å²) in [5.41, 5.74) is 8.57. The van der Waals surface area contributed by atoms with Gasteiger partial charge in [0, 0.05) is 11.1 Å². The Morgan fingerprint density at radius 1 is 1.10 bits per heavy atom. The molecule has 3 N–H and O–H groups in total. The first-order valence-electron chi connectivity index (χ1n) is 7.35. The molecule has 0 atom stereocenters. The Morgan fingerprint density at radius 3 is 2.43 bits per heavy atom. The van der Waals surface area contributed by atoms with E-state index in [1.54, 1.807) is 0 Å². The number of hydrogen-bond acceptors (Lipinski definition) is 2. The molecule has 114 valence electrons. The Balaban J connectivity index is 1.93. The zero-order valence-corrected chi connectivity index (χ0v) is 13.7. The molecule has 0 saturated heterocycles. The van der Waals surface area contributed by atoms with Gasteiger partial charge in [-0.25, -0.2) is 0 Å². The number of fused-ring (bicyclic) bond motifs is 1. The molecule has 21 heavy (non-hydrogen) atoms. The second kappa shape index (κ2) is 6.43. The molecule has 0 aromatic heterocycles. The van der Waals surface area contributed by atoms with E-state index in [0.717, 1.165) is 12.8 Å². The fourth-order valence-corrected chi connectivity index (χ4v) is 2.79. The third-order valence-corrected chi connectivity index (χ3v) is 3.59. The number of amides is 1. The van der Waals surface area contributed by atoms with Crippen molar-refractivity contribution < 1.29 is 4.79 Å². The van der Waals surface area contributed by atoms with Crippen LogP contribution in [-0.4, -0.2) is 16.6 Å². The Labute approximate surface area is 131 Å². The van der Waals surface area contributed by atoms with Gasteiger partial charge in [0.1, 0.15) is 0 Å². The van der Waals surface area contributed by atoms with Crippen molar-refractivity contribution in [1.82, 2.24) is 16.2 Å². The lowest BCUT2D eigenvalue weighted by molar-refractivity contribution is 0.0943. The molecule has 4 nitrogen and oxygen atoms in total. The molecule has 2 rings (SSSR count). The number of hydrazine groups is 1. The quantitative estimate of drug-likeness (QED) is 0.551. The van der Waals surface area contributed by atoms with Gasteiger partial charge >= 0.3 is 0 Å². The molecule has 0 unspecified atom stereocenters. The number of rotatable bonds is 1. The van der Waals surface area contributed by atoms with Crippen molar-refractivity contribution in [3.05, 3.63) is 34.9 Å². The summed E-state index contributed by atoms with van der Waals surface area (Å²) in [6.07, 6.45) is 4.63. The van der Waals surface area contributed by atoms with Crippen molar-refractivity contribution in [1.29, 1.82) is 0 Å². The van der Waals surface area contributed by atoms with Crippen molar-refractivity contribution in [2.45, 2.75) is 52.0 Å². The smallest absolute Gasteiger partial charge is 0.269 e. The zero-order valence-electron chi connectivity index (χ0n) is 12.9. The van der Waals surface area contributed by atoms with E-state index in [0.29, 0.717) is 10.7 Å². The minimum atomic E-state index is -0.165. The maximum absolute atomic E-state index is 12.1. The highest BCUT2D eigenvalue weighted by Crippen LogP contribution is 2.22. The summed E-state index contributed by atoms with van der Waals surface area (Å²) < 4.78 is 0. The van der Waals surface area contributed by atoms with Crippen LogP contribution >= 0.6 is 12.2 Å². The fraction of sp³-hybridized carbons (Fsp3) is 0.500. The molecule has 0 aliphatic heterocycles. The fourth-order valence-electron chi connectivity index (χ4n) is 2.43. The van der Waals surface area contributed by atoms with Gasteiger partial charge in [-0.05, 0) is 81.9 Å². The van der Waals surface area contributed by atoms with Crippen LogP contribution < -0.4 is 16.2 Å². The molecular weight excluding hydrogens is 282 g/mol. The Bertz CT molecular complexity index is 549. The molecule has 0 heterocycles. The first kappa shape index (κ1) is 15.8. The summed E-state index contributed by atoms with van der Waals surface area (Å²) in [5, 5.41) is 3.49. The van der Waals surface area contributed by atoms with Crippen molar-refractivity contribution in [2.24, 2.45) is 0 Å². The lowest BCUT2D eigenvalue weighted by Gasteiger charge is -2.23. The van der Waals surface area contributed by atoms with E-state index in [4.69, 9.17) is 12.2 Å². The monoisotopic (exact) mass is 305 g/mol. The standard InChI is InChI=1S/C16H23N3OS/c1-16(2,3)17-15(21)19-18-14(20)13-9-8-11-6-4-5-7-12(11)10-13/h8-10H,4-7H2,1-3H3,(H,18,20)(H2,17,19,21). The molecule has 0 saturated carbocycles. The third-order valence-electron chi connectivity index (χ3n) is 3.39. The van der Waals surface area contributed by atoms with Gasteiger partial charge in [-0.2, -0.15) is 0 Å². The van der Waals surface area contributed by atoms with E-state index >= 15 is 0 Å². The van der Waals surface area contributed by atoms with Crippen molar-refractivity contribution in [3.8, 4) is 0 Å². The first-order valence-corrected chi connectivity index (χ1v) is 7.76. The minimum absolute atomic E-state index is 0.138. The summed E-state index contributed by atoms with van der Waals surface area (Å²) in [4.78, 5) is 12.1. The first-order chi connectivity index (χ1) is 9.85. The van der Waals surface area contributed by atoms with Gasteiger partial charge in [0.15, 0.2) is 5.11 Å². The lowest BCUT2D eigenvalue weighted by Crippen LogP contribution is -2.52. The third kappa shape index (κ3) is 4.70. The average Bonchev–Trinajstić information content (AvgIpc) is 2.42. The van der Waals surface area contributed by atoms with Crippen LogP contribution in [0.1, 0.15) is 55.1 Å². The van der Waals surface area contributed by atoms with E-state index in [-0.39, 0.29) is 11.4 Å². The van der Waals surface area contributed by atoms with Crippen LogP contribution in [0.4, 0.5) is 0 Å². The maximum Gasteiger partial charge on any atom is 0.269 e. The zero-order chi connectivity index (χ0) is 15.5. The van der Waals surface area contributed by atoms with Gasteiger partial charge in [-0.15, -0.1) is 0 Å². The molecule has 1 amide bonds. The maximum atomic E-state index is 12.1. The molecule has 0 fully saturated rings. The second-order valence-electron chi connectivity index (χ2n) is 6.47. The van der Waals surface area contributed by atoms with Crippen molar-refractivity contribution in [3.63, 3.8) is 0 Å². The predicted octanol–water partition coefficient (Wildman–Crippen LogP) is 2.47. The molecular formula is C16H23N3OS. The Kier molecular flexibility index (Phi) is 4.83. The normalized spacial score (nSPS) is 14.0. The lowest BCUT2D eigenvalue weighted by atomic mass is 9.90. The molecule has 1 aliphatic rings. The summed E-state index contributed by atoms with van der Waals surface area (Å²) in [6.45, 7) is 6.02. The highest BCUT2D eigenvalue weighted by molar-refractivity contribution is 7.80. The van der Waals surface area contributed by atoms with Crippen LogP contribution in [0.2, 0.25) is 0 Å². The second-order valence-corrected chi connectivity index (χ2v) is 6.88. The average molecular weight is 305 g/mol. The topological polar surface area (TPSA) is 53.2 Å². The molecule has 0 radical (unpaired) electrons. The van der Waals surface area contributed by atoms with Gasteiger partial charge in [-0.3, -0.25) is 15.6 Å². The number of hydrogen-bond donors (Lipinski definition) is 3. The van der Waals surface area contributed by atoms with E-state index < -0.39 is 0 Å². The summed E-state index contributed by atoms with van der Waals surface area (Å²) in [7, 11) is 0. The number of carbonyl (C=O) groups excluding carboxylic acids is 1. The van der Waals surface area contributed by atoms with Crippen LogP contribution in [0, 0.1) is 0 Å². The highest BCUT2D eigenvalue weighted by atomic mass is 32.1. The van der Waals surface area contributed by atoms with Gasteiger partial charge < -0.3 is 5.32 Å². The number of thiocarbonyl (C=S) groups is 1. The van der Waals surface area contributed by atoms with E-state index in [2.05, 4.69) is 22.2 Å². The molecule has 0 spiro atoms. The SMILES string of the molecule is CC(C)(C)NC(=S)NNC(=O)c1ccc2c(c1)CCCC2. The summed E-state index contributed by atoms with van der Waals surface area (Å²) in [6, 6.07) is 5.93. The van der Waals surface area contributed by atoms with Crippen LogP contribution in [0.15, 0.2) is 18.2 Å². The van der Waals surface area contributed by atoms with Gasteiger partial charge in [-0.1, -0.05) is 6.07 Å². The van der Waals surface area contributed by atoms with Crippen LogP contribution in [-0.2, 0) is 12.8 Å². The van der Waals surface area contributed by atoms with E-state index in [1.165, 1.54) is 24.0 Å².